The molecule has 0 fully saturated rings. The molecular weight excluding hydrogens is 318 g/mol. The maximum absolute atomic E-state index is 12.0. The fraction of sp³-hybridized carbons (Fsp3) is 0.111. The molecule has 3 aromatic heterocycles. The zero-order valence-corrected chi connectivity index (χ0v) is 13.5. The Labute approximate surface area is 142 Å². The maximum atomic E-state index is 12.0. The number of anilines is 1. The number of nitrogens with one attached hydrogen (secondary N) is 1. The van der Waals surface area contributed by atoms with Crippen molar-refractivity contribution in [2.45, 2.75) is 13.5 Å². The van der Waals surface area contributed by atoms with E-state index in [-0.39, 0.29) is 5.65 Å². The van der Waals surface area contributed by atoms with Crippen LogP contribution in [-0.2, 0) is 6.54 Å². The van der Waals surface area contributed by atoms with Gasteiger partial charge in [0, 0.05) is 24.2 Å². The highest BCUT2D eigenvalue weighted by Gasteiger charge is 2.12. The average Bonchev–Trinajstić information content (AvgIpc) is 2.63. The van der Waals surface area contributed by atoms with Crippen LogP contribution in [0.25, 0.3) is 21.9 Å². The summed E-state index contributed by atoms with van der Waals surface area (Å²) in [5, 5.41) is 14.8. The molecule has 0 amide bonds. The van der Waals surface area contributed by atoms with E-state index >= 15 is 0 Å². The standard InChI is InChI=1S/C18H15N5O2/c1-11-17-15(7-16(24)23(25)18(17)22-10-21-11)20-9-12-6-13-4-2-3-5-14(13)19-8-12/h2-8,10,20,25H,9H2,1H3. The number of hydrogen-bond acceptors (Lipinski definition) is 6. The lowest BCUT2D eigenvalue weighted by molar-refractivity contribution is 0.186. The van der Waals surface area contributed by atoms with Gasteiger partial charge in [-0.25, -0.2) is 9.97 Å². The Balaban J connectivity index is 1.73. The summed E-state index contributed by atoms with van der Waals surface area (Å²) < 4.78 is 0.534. The highest BCUT2D eigenvalue weighted by atomic mass is 16.5. The molecule has 2 N–H and O–H groups in total. The molecule has 1 aromatic carbocycles. The van der Waals surface area contributed by atoms with Crippen LogP contribution >= 0.6 is 0 Å². The van der Waals surface area contributed by atoms with E-state index in [2.05, 4.69) is 20.3 Å². The summed E-state index contributed by atoms with van der Waals surface area (Å²) in [6.45, 7) is 2.29. The van der Waals surface area contributed by atoms with Crippen LogP contribution < -0.4 is 10.9 Å². The van der Waals surface area contributed by atoms with Gasteiger partial charge >= 0.3 is 0 Å². The van der Waals surface area contributed by atoms with Crippen molar-refractivity contribution < 1.29 is 5.21 Å². The average molecular weight is 333 g/mol. The molecule has 4 aromatic rings. The molecule has 0 radical (unpaired) electrons. The number of pyridine rings is 2. The highest BCUT2D eigenvalue weighted by molar-refractivity contribution is 5.90. The summed E-state index contributed by atoms with van der Waals surface area (Å²) in [4.78, 5) is 24.5. The maximum Gasteiger partial charge on any atom is 0.286 e. The number of benzene rings is 1. The van der Waals surface area contributed by atoms with Crippen molar-refractivity contribution in [2.24, 2.45) is 0 Å². The topological polar surface area (TPSA) is 92.9 Å². The molecule has 7 nitrogen and oxygen atoms in total. The first-order chi connectivity index (χ1) is 12.1. The van der Waals surface area contributed by atoms with Crippen molar-refractivity contribution in [1.82, 2.24) is 19.7 Å². The Bertz CT molecular complexity index is 1150. The molecular formula is C18H15N5O2. The SMILES string of the molecule is Cc1ncnc2c1c(NCc1cnc3ccccc3c1)cc(=O)n2O. The molecule has 0 aliphatic carbocycles. The quantitative estimate of drug-likeness (QED) is 0.560. The Hall–Kier alpha value is -3.48. The highest BCUT2D eigenvalue weighted by Crippen LogP contribution is 2.22. The smallest absolute Gasteiger partial charge is 0.286 e. The monoisotopic (exact) mass is 333 g/mol. The van der Waals surface area contributed by atoms with E-state index in [1.807, 2.05) is 30.3 Å². The van der Waals surface area contributed by atoms with Gasteiger partial charge in [-0.2, -0.15) is 0 Å². The van der Waals surface area contributed by atoms with E-state index < -0.39 is 5.56 Å². The number of para-hydroxylation sites is 1. The van der Waals surface area contributed by atoms with Gasteiger partial charge in [-0.15, -0.1) is 4.73 Å². The van der Waals surface area contributed by atoms with Crippen LogP contribution in [0.4, 0.5) is 5.69 Å². The van der Waals surface area contributed by atoms with Crippen LogP contribution in [0.5, 0.6) is 0 Å². The van der Waals surface area contributed by atoms with Crippen molar-refractivity contribution in [2.75, 3.05) is 5.32 Å². The Kier molecular flexibility index (Phi) is 3.53. The number of nitrogens with zero attached hydrogens (tertiary/aromatic N) is 4. The molecule has 0 spiro atoms. The van der Waals surface area contributed by atoms with E-state index in [1.165, 1.54) is 12.4 Å². The summed E-state index contributed by atoms with van der Waals surface area (Å²) in [5.41, 5.74) is 2.80. The minimum Gasteiger partial charge on any atom is -0.423 e. The van der Waals surface area contributed by atoms with Gasteiger partial charge in [-0.3, -0.25) is 9.78 Å². The molecule has 0 aliphatic heterocycles. The molecule has 4 rings (SSSR count). The van der Waals surface area contributed by atoms with Gasteiger partial charge in [0.1, 0.15) is 6.33 Å². The summed E-state index contributed by atoms with van der Waals surface area (Å²) in [5.74, 6) is 0. The summed E-state index contributed by atoms with van der Waals surface area (Å²) in [7, 11) is 0. The van der Waals surface area contributed by atoms with Gasteiger partial charge in [-0.05, 0) is 24.6 Å². The molecule has 0 saturated carbocycles. The first-order valence-electron chi connectivity index (χ1n) is 7.77. The van der Waals surface area contributed by atoms with Crippen LogP contribution in [0.2, 0.25) is 0 Å². The fourth-order valence-electron chi connectivity index (χ4n) is 2.85. The Morgan fingerprint density at radius 3 is 2.88 bits per heavy atom. The van der Waals surface area contributed by atoms with Crippen LogP contribution in [0.1, 0.15) is 11.3 Å². The molecule has 7 heteroatoms. The van der Waals surface area contributed by atoms with Crippen molar-refractivity contribution in [1.29, 1.82) is 0 Å². The van der Waals surface area contributed by atoms with E-state index in [1.54, 1.807) is 13.1 Å². The second-order valence-corrected chi connectivity index (χ2v) is 5.76. The van der Waals surface area contributed by atoms with Gasteiger partial charge in [0.05, 0.1) is 22.3 Å². The molecule has 0 bridgehead atoms. The first-order valence-corrected chi connectivity index (χ1v) is 7.77. The third-order valence-electron chi connectivity index (χ3n) is 4.09. The molecule has 0 unspecified atom stereocenters. The van der Waals surface area contributed by atoms with Gasteiger partial charge < -0.3 is 10.5 Å². The Morgan fingerprint density at radius 1 is 1.16 bits per heavy atom. The molecule has 3 heterocycles. The number of fused-ring (bicyclic) bond motifs is 2. The number of hydrogen-bond donors (Lipinski definition) is 2. The summed E-state index contributed by atoms with van der Waals surface area (Å²) >= 11 is 0. The molecule has 25 heavy (non-hydrogen) atoms. The summed E-state index contributed by atoms with van der Waals surface area (Å²) in [6.07, 6.45) is 3.12. The minimum atomic E-state index is -0.551. The normalized spacial score (nSPS) is 11.1. The molecule has 124 valence electrons. The van der Waals surface area contributed by atoms with E-state index in [0.717, 1.165) is 16.5 Å². The largest absolute Gasteiger partial charge is 0.423 e. The van der Waals surface area contributed by atoms with Crippen LogP contribution in [-0.4, -0.2) is 24.9 Å². The van der Waals surface area contributed by atoms with Crippen LogP contribution in [0.3, 0.4) is 0 Å². The van der Waals surface area contributed by atoms with Gasteiger partial charge in [0.15, 0.2) is 5.65 Å². The van der Waals surface area contributed by atoms with Crippen LogP contribution in [0, 0.1) is 6.92 Å². The Morgan fingerprint density at radius 2 is 2.00 bits per heavy atom. The van der Waals surface area contributed by atoms with Crippen molar-refractivity contribution in [3.05, 3.63) is 70.5 Å². The van der Waals surface area contributed by atoms with Crippen molar-refractivity contribution >= 4 is 27.6 Å². The predicted octanol–water partition coefficient (Wildman–Crippen LogP) is 2.50. The number of rotatable bonds is 3. The van der Waals surface area contributed by atoms with Crippen LogP contribution in [0.15, 0.2) is 53.7 Å². The first kappa shape index (κ1) is 15.1. The molecule has 0 atom stereocenters. The lowest BCUT2D eigenvalue weighted by atomic mass is 10.1. The molecule has 0 saturated heterocycles. The van der Waals surface area contributed by atoms with Crippen molar-refractivity contribution in [3.8, 4) is 0 Å². The third kappa shape index (κ3) is 2.65. The van der Waals surface area contributed by atoms with E-state index in [9.17, 15) is 10.0 Å². The van der Waals surface area contributed by atoms with Gasteiger partial charge in [0.25, 0.3) is 5.56 Å². The molecule has 0 aliphatic rings. The summed E-state index contributed by atoms with van der Waals surface area (Å²) in [6, 6.07) is 11.3. The third-order valence-corrected chi connectivity index (χ3v) is 4.09. The van der Waals surface area contributed by atoms with Crippen molar-refractivity contribution in [3.63, 3.8) is 0 Å². The predicted molar refractivity (Wildman–Crippen MR) is 94.8 cm³/mol. The van der Waals surface area contributed by atoms with E-state index in [4.69, 9.17) is 0 Å². The zero-order valence-electron chi connectivity index (χ0n) is 13.5. The number of aryl methyl sites for hydroxylation is 1. The second-order valence-electron chi connectivity index (χ2n) is 5.76. The lowest BCUT2D eigenvalue weighted by Gasteiger charge is -2.12. The lowest BCUT2D eigenvalue weighted by Crippen LogP contribution is -2.20. The minimum absolute atomic E-state index is 0.180. The van der Waals surface area contributed by atoms with E-state index in [0.29, 0.717) is 28.0 Å². The fourth-order valence-corrected chi connectivity index (χ4v) is 2.85. The number of aromatic nitrogens is 4. The second kappa shape index (κ2) is 5.86. The zero-order chi connectivity index (χ0) is 17.4. The van der Waals surface area contributed by atoms with Gasteiger partial charge in [0.2, 0.25) is 0 Å². The van der Waals surface area contributed by atoms with Gasteiger partial charge in [-0.1, -0.05) is 18.2 Å².